The third kappa shape index (κ3) is 3.89. The van der Waals surface area contributed by atoms with Gasteiger partial charge in [0.2, 0.25) is 21.8 Å². The summed E-state index contributed by atoms with van der Waals surface area (Å²) in [5.41, 5.74) is 2.42. The standard InChI is InChI=1S/C23H25N5O4S/c1-16-4-6-18(7-5-16)28-15-17(13-21(28)29)23(30)26-9-11-27(12-10-26)33(31,32)20-14-25-22-19(20)3-2-8-24-22/h2-8,14,17H,9-13,15H2,1H3,(H,24,25). The summed E-state index contributed by atoms with van der Waals surface area (Å²) in [6.45, 7) is 3.35. The fraction of sp³-hybridized carbons (Fsp3) is 0.348. The van der Waals surface area contributed by atoms with E-state index in [1.807, 2.05) is 31.2 Å². The van der Waals surface area contributed by atoms with Gasteiger partial charge in [0.25, 0.3) is 0 Å². The molecule has 1 aromatic carbocycles. The van der Waals surface area contributed by atoms with Crippen molar-refractivity contribution in [2.75, 3.05) is 37.6 Å². The number of H-pyrrole nitrogens is 1. The van der Waals surface area contributed by atoms with Crippen LogP contribution in [0, 0.1) is 12.8 Å². The van der Waals surface area contributed by atoms with E-state index >= 15 is 0 Å². The first-order valence-corrected chi connectivity index (χ1v) is 12.4. The maximum Gasteiger partial charge on any atom is 0.245 e. The van der Waals surface area contributed by atoms with Gasteiger partial charge < -0.3 is 14.8 Å². The van der Waals surface area contributed by atoms with E-state index in [1.54, 1.807) is 28.1 Å². The Bertz CT molecular complexity index is 1310. The third-order valence-electron chi connectivity index (χ3n) is 6.40. The molecule has 1 unspecified atom stereocenters. The number of pyridine rings is 1. The summed E-state index contributed by atoms with van der Waals surface area (Å²) in [6.07, 6.45) is 3.25. The zero-order valence-corrected chi connectivity index (χ0v) is 19.1. The van der Waals surface area contributed by atoms with Gasteiger partial charge in [-0.15, -0.1) is 0 Å². The number of carbonyl (C=O) groups is 2. The highest BCUT2D eigenvalue weighted by Crippen LogP contribution is 2.28. The van der Waals surface area contributed by atoms with Gasteiger partial charge in [0.1, 0.15) is 10.5 Å². The minimum atomic E-state index is -3.71. The summed E-state index contributed by atoms with van der Waals surface area (Å²) in [4.78, 5) is 36.2. The molecule has 2 fully saturated rings. The van der Waals surface area contributed by atoms with Gasteiger partial charge in [-0.2, -0.15) is 4.31 Å². The molecule has 172 valence electrons. The fourth-order valence-electron chi connectivity index (χ4n) is 4.54. The predicted octanol–water partition coefficient (Wildman–Crippen LogP) is 1.76. The van der Waals surface area contributed by atoms with Gasteiger partial charge in [-0.3, -0.25) is 9.59 Å². The Labute approximate surface area is 192 Å². The number of hydrogen-bond donors (Lipinski definition) is 1. The number of aromatic amines is 1. The van der Waals surface area contributed by atoms with Gasteiger partial charge in [0.15, 0.2) is 0 Å². The summed E-state index contributed by atoms with van der Waals surface area (Å²) in [7, 11) is -3.71. The Morgan fingerprint density at radius 3 is 2.55 bits per heavy atom. The second kappa shape index (κ2) is 8.27. The Balaban J connectivity index is 1.24. The number of amides is 2. The Morgan fingerprint density at radius 1 is 1.09 bits per heavy atom. The quantitative estimate of drug-likeness (QED) is 0.629. The maximum absolute atomic E-state index is 13.2. The maximum atomic E-state index is 13.2. The van der Waals surface area contributed by atoms with Crippen LogP contribution in [-0.2, 0) is 19.6 Å². The molecule has 0 saturated carbocycles. The summed E-state index contributed by atoms with van der Waals surface area (Å²) in [6, 6.07) is 11.1. The molecule has 3 aromatic rings. The van der Waals surface area contributed by atoms with Gasteiger partial charge in [-0.25, -0.2) is 13.4 Å². The Hall–Kier alpha value is -3.24. The van der Waals surface area contributed by atoms with Crippen molar-refractivity contribution in [3.05, 3.63) is 54.4 Å². The second-order valence-electron chi connectivity index (χ2n) is 8.52. The number of nitrogens with zero attached hydrogens (tertiary/aromatic N) is 4. The first kappa shape index (κ1) is 21.6. The molecule has 0 spiro atoms. The van der Waals surface area contributed by atoms with E-state index in [-0.39, 0.29) is 36.2 Å². The van der Waals surface area contributed by atoms with Crippen LogP contribution >= 0.6 is 0 Å². The van der Waals surface area contributed by atoms with Crippen molar-refractivity contribution >= 4 is 38.6 Å². The largest absolute Gasteiger partial charge is 0.345 e. The van der Waals surface area contributed by atoms with Crippen molar-refractivity contribution in [3.63, 3.8) is 0 Å². The van der Waals surface area contributed by atoms with Crippen LogP contribution in [0.15, 0.2) is 53.7 Å². The first-order valence-electron chi connectivity index (χ1n) is 10.9. The van der Waals surface area contributed by atoms with Crippen LogP contribution in [0.4, 0.5) is 5.69 Å². The molecule has 2 aromatic heterocycles. The number of nitrogens with one attached hydrogen (secondary N) is 1. The molecule has 33 heavy (non-hydrogen) atoms. The molecule has 5 rings (SSSR count). The molecule has 2 aliphatic heterocycles. The van der Waals surface area contributed by atoms with Crippen LogP contribution in [0.5, 0.6) is 0 Å². The van der Waals surface area contributed by atoms with Crippen molar-refractivity contribution in [2.45, 2.75) is 18.2 Å². The van der Waals surface area contributed by atoms with Crippen LogP contribution < -0.4 is 4.90 Å². The number of carbonyl (C=O) groups excluding carboxylic acids is 2. The van der Waals surface area contributed by atoms with Crippen molar-refractivity contribution in [1.82, 2.24) is 19.2 Å². The fourth-order valence-corrected chi connectivity index (χ4v) is 6.11. The molecule has 1 atom stereocenters. The number of rotatable bonds is 4. The lowest BCUT2D eigenvalue weighted by Gasteiger charge is -2.35. The number of aromatic nitrogens is 2. The predicted molar refractivity (Wildman–Crippen MR) is 123 cm³/mol. The number of fused-ring (bicyclic) bond motifs is 1. The zero-order valence-electron chi connectivity index (χ0n) is 18.3. The van der Waals surface area contributed by atoms with E-state index in [0.717, 1.165) is 11.3 Å². The second-order valence-corrected chi connectivity index (χ2v) is 10.4. The number of hydrogen-bond acceptors (Lipinski definition) is 5. The molecule has 0 bridgehead atoms. The van der Waals surface area contributed by atoms with Crippen molar-refractivity contribution in [1.29, 1.82) is 0 Å². The van der Waals surface area contributed by atoms with E-state index < -0.39 is 15.9 Å². The highest BCUT2D eigenvalue weighted by atomic mass is 32.2. The summed E-state index contributed by atoms with van der Waals surface area (Å²) in [5.74, 6) is -0.570. The lowest BCUT2D eigenvalue weighted by molar-refractivity contribution is -0.136. The SMILES string of the molecule is Cc1ccc(N2CC(C(=O)N3CCN(S(=O)(=O)c4c[nH]c5ncccc45)CC3)CC2=O)cc1. The molecule has 9 nitrogen and oxygen atoms in total. The molecular weight excluding hydrogens is 442 g/mol. The summed E-state index contributed by atoms with van der Waals surface area (Å²) < 4.78 is 27.8. The molecule has 4 heterocycles. The third-order valence-corrected chi connectivity index (χ3v) is 8.34. The van der Waals surface area contributed by atoms with Crippen LogP contribution in [0.3, 0.4) is 0 Å². The van der Waals surface area contributed by atoms with E-state index in [1.165, 1.54) is 10.5 Å². The molecule has 2 amide bonds. The number of benzene rings is 1. The smallest absolute Gasteiger partial charge is 0.245 e. The van der Waals surface area contributed by atoms with E-state index in [0.29, 0.717) is 30.7 Å². The van der Waals surface area contributed by atoms with Crippen LogP contribution in [0.1, 0.15) is 12.0 Å². The average molecular weight is 468 g/mol. The molecule has 0 aliphatic carbocycles. The van der Waals surface area contributed by atoms with Crippen LogP contribution in [-0.4, -0.2) is 72.1 Å². The lowest BCUT2D eigenvalue weighted by Crippen LogP contribution is -2.52. The number of sulfonamides is 1. The Morgan fingerprint density at radius 2 is 1.82 bits per heavy atom. The highest BCUT2D eigenvalue weighted by Gasteiger charge is 2.39. The molecule has 0 radical (unpaired) electrons. The lowest BCUT2D eigenvalue weighted by atomic mass is 10.1. The average Bonchev–Trinajstić information content (AvgIpc) is 3.43. The Kier molecular flexibility index (Phi) is 5.41. The first-order chi connectivity index (χ1) is 15.8. The number of piperazine rings is 1. The molecule has 10 heteroatoms. The highest BCUT2D eigenvalue weighted by molar-refractivity contribution is 7.89. The van der Waals surface area contributed by atoms with Gasteiger partial charge >= 0.3 is 0 Å². The minimum absolute atomic E-state index is 0.0636. The van der Waals surface area contributed by atoms with Gasteiger partial charge in [0, 0.05) is 62.6 Å². The summed E-state index contributed by atoms with van der Waals surface area (Å²) in [5, 5.41) is 0.552. The van der Waals surface area contributed by atoms with Crippen molar-refractivity contribution in [2.24, 2.45) is 5.92 Å². The van der Waals surface area contributed by atoms with Gasteiger partial charge in [-0.1, -0.05) is 17.7 Å². The molecular formula is C23H25N5O4S. The number of anilines is 1. The van der Waals surface area contributed by atoms with E-state index in [9.17, 15) is 18.0 Å². The summed E-state index contributed by atoms with van der Waals surface area (Å²) >= 11 is 0. The minimum Gasteiger partial charge on any atom is -0.345 e. The van der Waals surface area contributed by atoms with Crippen molar-refractivity contribution in [3.8, 4) is 0 Å². The number of aryl methyl sites for hydroxylation is 1. The van der Waals surface area contributed by atoms with Gasteiger partial charge in [0.05, 0.1) is 5.92 Å². The topological polar surface area (TPSA) is 107 Å². The molecule has 2 saturated heterocycles. The normalized spacial score (nSPS) is 20.0. The monoisotopic (exact) mass is 467 g/mol. The van der Waals surface area contributed by atoms with Crippen molar-refractivity contribution < 1.29 is 18.0 Å². The van der Waals surface area contributed by atoms with Crippen LogP contribution in [0.25, 0.3) is 11.0 Å². The molecule has 1 N–H and O–H groups in total. The molecule has 2 aliphatic rings. The van der Waals surface area contributed by atoms with E-state index in [4.69, 9.17) is 0 Å². The van der Waals surface area contributed by atoms with E-state index in [2.05, 4.69) is 9.97 Å². The zero-order chi connectivity index (χ0) is 23.2. The van der Waals surface area contributed by atoms with Gasteiger partial charge in [-0.05, 0) is 31.2 Å². The van der Waals surface area contributed by atoms with Crippen LogP contribution in [0.2, 0.25) is 0 Å².